The summed E-state index contributed by atoms with van der Waals surface area (Å²) in [5.74, 6) is 0.260. The molecule has 1 rings (SSSR count). The van der Waals surface area contributed by atoms with E-state index in [2.05, 4.69) is 11.6 Å². The van der Waals surface area contributed by atoms with E-state index in [1.807, 2.05) is 0 Å². The second-order valence-electron chi connectivity index (χ2n) is 2.15. The summed E-state index contributed by atoms with van der Waals surface area (Å²) in [6, 6.07) is 1.48. The van der Waals surface area contributed by atoms with Crippen LogP contribution in [0.2, 0.25) is 15.2 Å². The Hall–Kier alpha value is -0.440. The Balaban J connectivity index is 2.94. The molecular weight excluding hydrogens is 232 g/mol. The summed E-state index contributed by atoms with van der Waals surface area (Å²) in [7, 11) is 0. The molecular formula is C8H6Cl3NO. The van der Waals surface area contributed by atoms with Crippen LogP contribution in [0.4, 0.5) is 0 Å². The van der Waals surface area contributed by atoms with E-state index in [-0.39, 0.29) is 11.0 Å². The Morgan fingerprint density at radius 3 is 2.69 bits per heavy atom. The molecule has 0 saturated heterocycles. The van der Waals surface area contributed by atoms with E-state index in [1.165, 1.54) is 6.07 Å². The molecule has 1 heterocycles. The number of hydrogen-bond donors (Lipinski definition) is 0. The number of pyridine rings is 1. The first-order valence-corrected chi connectivity index (χ1v) is 4.53. The number of nitrogens with zero attached hydrogens (tertiary/aromatic N) is 1. The molecule has 0 aliphatic heterocycles. The van der Waals surface area contributed by atoms with Gasteiger partial charge in [0, 0.05) is 0 Å². The van der Waals surface area contributed by atoms with Gasteiger partial charge in [0.25, 0.3) is 0 Å². The number of ether oxygens (including phenoxy) is 1. The monoisotopic (exact) mass is 237 g/mol. The molecule has 0 unspecified atom stereocenters. The average Bonchev–Trinajstić information content (AvgIpc) is 2.09. The standard InChI is InChI=1S/C8H6Cl3NO/c1-2-3-13-8-6(10)4-5(9)7(11)12-8/h2,4H,1,3H2. The van der Waals surface area contributed by atoms with Crippen LogP contribution in [0.25, 0.3) is 0 Å². The maximum Gasteiger partial charge on any atom is 0.234 e. The number of rotatable bonds is 3. The minimum atomic E-state index is 0.171. The van der Waals surface area contributed by atoms with Gasteiger partial charge in [0.15, 0.2) is 5.15 Å². The van der Waals surface area contributed by atoms with Crippen molar-refractivity contribution in [1.82, 2.24) is 4.98 Å². The summed E-state index contributed by atoms with van der Waals surface area (Å²) in [5.41, 5.74) is 0. The normalized spacial score (nSPS) is 9.77. The first-order valence-electron chi connectivity index (χ1n) is 3.40. The summed E-state index contributed by atoms with van der Waals surface area (Å²) in [6.45, 7) is 3.81. The zero-order valence-corrected chi connectivity index (χ0v) is 8.83. The maximum absolute atomic E-state index is 5.77. The van der Waals surface area contributed by atoms with Crippen LogP contribution in [-0.4, -0.2) is 11.6 Å². The molecule has 0 aliphatic rings. The van der Waals surface area contributed by atoms with Gasteiger partial charge >= 0.3 is 0 Å². The fourth-order valence-electron chi connectivity index (χ4n) is 0.668. The molecule has 5 heteroatoms. The third-order valence-electron chi connectivity index (χ3n) is 1.19. The highest BCUT2D eigenvalue weighted by Gasteiger charge is 2.07. The SMILES string of the molecule is C=CCOc1nc(Cl)c(Cl)cc1Cl. The summed E-state index contributed by atoms with van der Waals surface area (Å²) in [6.07, 6.45) is 1.58. The van der Waals surface area contributed by atoms with Gasteiger partial charge in [0.2, 0.25) is 5.88 Å². The van der Waals surface area contributed by atoms with Crippen LogP contribution in [0.15, 0.2) is 18.7 Å². The molecule has 0 N–H and O–H groups in total. The van der Waals surface area contributed by atoms with Crippen molar-refractivity contribution >= 4 is 34.8 Å². The van der Waals surface area contributed by atoms with Gasteiger partial charge in [-0.15, -0.1) is 0 Å². The molecule has 13 heavy (non-hydrogen) atoms. The topological polar surface area (TPSA) is 22.1 Å². The molecule has 0 atom stereocenters. The molecule has 2 nitrogen and oxygen atoms in total. The first kappa shape index (κ1) is 10.6. The second-order valence-corrected chi connectivity index (χ2v) is 3.32. The molecule has 0 fully saturated rings. The summed E-state index contributed by atoms with van der Waals surface area (Å²) >= 11 is 17.1. The lowest BCUT2D eigenvalue weighted by atomic mass is 10.5. The number of halogens is 3. The molecule has 0 saturated carbocycles. The molecule has 0 aromatic carbocycles. The summed E-state index contributed by atoms with van der Waals surface area (Å²) in [5, 5.41) is 0.805. The van der Waals surface area contributed by atoms with E-state index in [9.17, 15) is 0 Å². The molecule has 70 valence electrons. The third-order valence-corrected chi connectivity index (χ3v) is 2.14. The van der Waals surface area contributed by atoms with Gasteiger partial charge in [-0.25, -0.2) is 0 Å². The lowest BCUT2D eigenvalue weighted by molar-refractivity contribution is 0.349. The Morgan fingerprint density at radius 2 is 2.08 bits per heavy atom. The van der Waals surface area contributed by atoms with Crippen LogP contribution in [0.5, 0.6) is 5.88 Å². The predicted molar refractivity (Wildman–Crippen MR) is 55.0 cm³/mol. The summed E-state index contributed by atoms with van der Waals surface area (Å²) in [4.78, 5) is 3.84. The average molecular weight is 239 g/mol. The minimum Gasteiger partial charge on any atom is -0.472 e. The van der Waals surface area contributed by atoms with Crippen LogP contribution in [-0.2, 0) is 0 Å². The Labute approximate surface area is 91.1 Å². The second kappa shape index (κ2) is 4.70. The van der Waals surface area contributed by atoms with Crippen molar-refractivity contribution in [2.24, 2.45) is 0 Å². The van der Waals surface area contributed by atoms with Crippen molar-refractivity contribution in [3.63, 3.8) is 0 Å². The van der Waals surface area contributed by atoms with Crippen molar-refractivity contribution in [2.75, 3.05) is 6.61 Å². The van der Waals surface area contributed by atoms with Crippen LogP contribution in [0.1, 0.15) is 0 Å². The lowest BCUT2D eigenvalue weighted by Gasteiger charge is -2.05. The van der Waals surface area contributed by atoms with Crippen LogP contribution >= 0.6 is 34.8 Å². The highest BCUT2D eigenvalue weighted by atomic mass is 35.5. The van der Waals surface area contributed by atoms with Gasteiger partial charge in [0.05, 0.1) is 5.02 Å². The quantitative estimate of drug-likeness (QED) is 0.593. The molecule has 0 bridgehead atoms. The van der Waals surface area contributed by atoms with E-state index >= 15 is 0 Å². The van der Waals surface area contributed by atoms with Crippen molar-refractivity contribution in [2.45, 2.75) is 0 Å². The third kappa shape index (κ3) is 2.76. The van der Waals surface area contributed by atoms with Crippen molar-refractivity contribution in [1.29, 1.82) is 0 Å². The van der Waals surface area contributed by atoms with Gasteiger partial charge < -0.3 is 4.74 Å². The number of hydrogen-bond acceptors (Lipinski definition) is 2. The van der Waals surface area contributed by atoms with Gasteiger partial charge in [-0.3, -0.25) is 0 Å². The first-order chi connectivity index (χ1) is 6.15. The van der Waals surface area contributed by atoms with Crippen molar-refractivity contribution < 1.29 is 4.74 Å². The van der Waals surface area contributed by atoms with E-state index in [1.54, 1.807) is 6.08 Å². The smallest absolute Gasteiger partial charge is 0.234 e. The zero-order chi connectivity index (χ0) is 9.84. The highest BCUT2D eigenvalue weighted by Crippen LogP contribution is 2.30. The zero-order valence-electron chi connectivity index (χ0n) is 6.56. The van der Waals surface area contributed by atoms with Crippen LogP contribution in [0.3, 0.4) is 0 Å². The predicted octanol–water partition coefficient (Wildman–Crippen LogP) is 3.61. The van der Waals surface area contributed by atoms with Gasteiger partial charge in [-0.05, 0) is 6.07 Å². The van der Waals surface area contributed by atoms with E-state index in [0.717, 1.165) is 0 Å². The highest BCUT2D eigenvalue weighted by molar-refractivity contribution is 6.42. The van der Waals surface area contributed by atoms with Gasteiger partial charge in [-0.1, -0.05) is 47.5 Å². The van der Waals surface area contributed by atoms with E-state index in [4.69, 9.17) is 39.5 Å². The van der Waals surface area contributed by atoms with E-state index in [0.29, 0.717) is 16.7 Å². The van der Waals surface area contributed by atoms with Crippen molar-refractivity contribution in [3.8, 4) is 5.88 Å². The van der Waals surface area contributed by atoms with Gasteiger partial charge in [-0.2, -0.15) is 4.98 Å². The molecule has 0 aliphatic carbocycles. The van der Waals surface area contributed by atoms with Gasteiger partial charge in [0.1, 0.15) is 11.6 Å². The maximum atomic E-state index is 5.77. The Morgan fingerprint density at radius 1 is 1.38 bits per heavy atom. The molecule has 1 aromatic rings. The largest absolute Gasteiger partial charge is 0.472 e. The summed E-state index contributed by atoms with van der Waals surface area (Å²) < 4.78 is 5.12. The fraction of sp³-hybridized carbons (Fsp3) is 0.125. The van der Waals surface area contributed by atoms with Crippen molar-refractivity contribution in [3.05, 3.63) is 33.9 Å². The molecule has 0 radical (unpaired) electrons. The molecule has 0 amide bonds. The Kier molecular flexibility index (Phi) is 3.85. The lowest BCUT2D eigenvalue weighted by Crippen LogP contribution is -1.96. The van der Waals surface area contributed by atoms with Crippen LogP contribution < -0.4 is 4.74 Å². The van der Waals surface area contributed by atoms with E-state index < -0.39 is 0 Å². The molecule has 0 spiro atoms. The number of aromatic nitrogens is 1. The minimum absolute atomic E-state index is 0.171. The Bertz CT molecular complexity index is 327. The van der Waals surface area contributed by atoms with Crippen LogP contribution in [0, 0.1) is 0 Å². The fourth-order valence-corrected chi connectivity index (χ4v) is 1.21. The molecule has 1 aromatic heterocycles.